The molecule has 0 aromatic carbocycles. The van der Waals surface area contributed by atoms with Crippen LogP contribution >= 0.6 is 7.60 Å². The lowest BCUT2D eigenvalue weighted by atomic mass is 9.98. The Hall–Kier alpha value is -0.380. The molecule has 0 saturated carbocycles. The van der Waals surface area contributed by atoms with Crippen molar-refractivity contribution in [3.63, 3.8) is 0 Å². The molecule has 0 heterocycles. The molecule has 0 aliphatic carbocycles. The number of hydrogen-bond donors (Lipinski definition) is 2. The zero-order valence-electron chi connectivity index (χ0n) is 7.27. The second-order valence-corrected chi connectivity index (χ2v) is 5.06. The van der Waals surface area contributed by atoms with E-state index >= 15 is 0 Å². The van der Waals surface area contributed by atoms with Crippen LogP contribution in [0.25, 0.3) is 0 Å². The van der Waals surface area contributed by atoms with E-state index in [0.717, 1.165) is 0 Å². The minimum atomic E-state index is -4.23. The lowest BCUT2D eigenvalue weighted by Crippen LogP contribution is -2.23. The number of carbonyl (C=O) groups is 1. The molecular formula is C6H13O5P. The Bertz CT molecular complexity index is 210. The maximum atomic E-state index is 10.9. The highest BCUT2D eigenvalue weighted by atomic mass is 31.2. The lowest BCUT2D eigenvalue weighted by molar-refractivity contribution is -0.151. The van der Waals surface area contributed by atoms with Crippen LogP contribution in [0.5, 0.6) is 0 Å². The number of rotatable bonds is 2. The highest BCUT2D eigenvalue weighted by molar-refractivity contribution is 7.51. The normalized spacial score (nSPS) is 12.8. The Morgan fingerprint density at radius 2 is 1.83 bits per heavy atom. The summed E-state index contributed by atoms with van der Waals surface area (Å²) in [5, 5.41) is 0. The fourth-order valence-electron chi connectivity index (χ4n) is 0.359. The van der Waals surface area contributed by atoms with Crippen molar-refractivity contribution >= 4 is 13.6 Å². The topological polar surface area (TPSA) is 83.8 Å². The van der Waals surface area contributed by atoms with Gasteiger partial charge >= 0.3 is 13.6 Å². The molecule has 72 valence electrons. The lowest BCUT2D eigenvalue weighted by Gasteiger charge is -2.16. The number of carbonyl (C=O) groups excluding carboxylic acids is 1. The minimum absolute atomic E-state index is 0.620. The molecule has 0 aliphatic heterocycles. The Morgan fingerprint density at radius 1 is 1.42 bits per heavy atom. The zero-order valence-corrected chi connectivity index (χ0v) is 8.17. The Balaban J connectivity index is 3.98. The summed E-state index contributed by atoms with van der Waals surface area (Å²) in [5.41, 5.74) is -0.727. The average Bonchev–Trinajstić information content (AvgIpc) is 1.78. The van der Waals surface area contributed by atoms with Gasteiger partial charge in [0.1, 0.15) is 0 Å². The highest BCUT2D eigenvalue weighted by Gasteiger charge is 2.25. The molecule has 0 aromatic rings. The number of esters is 1. The molecule has 0 saturated heterocycles. The molecular weight excluding hydrogens is 183 g/mol. The molecule has 0 radical (unpaired) electrons. The monoisotopic (exact) mass is 196 g/mol. The maximum absolute atomic E-state index is 10.9. The van der Waals surface area contributed by atoms with Crippen molar-refractivity contribution in [1.82, 2.24) is 0 Å². The molecule has 0 spiro atoms. The summed E-state index contributed by atoms with van der Waals surface area (Å²) in [4.78, 5) is 27.7. The van der Waals surface area contributed by atoms with Gasteiger partial charge in [0, 0.05) is 0 Å². The van der Waals surface area contributed by atoms with Gasteiger partial charge in [-0.2, -0.15) is 0 Å². The van der Waals surface area contributed by atoms with Crippen LogP contribution in [0, 0.1) is 5.41 Å². The van der Waals surface area contributed by atoms with E-state index < -0.39 is 25.3 Å². The van der Waals surface area contributed by atoms with E-state index in [9.17, 15) is 9.36 Å². The first-order valence-corrected chi connectivity index (χ1v) is 5.14. The fraction of sp³-hybridized carbons (Fsp3) is 0.833. The van der Waals surface area contributed by atoms with Gasteiger partial charge in [-0.25, -0.2) is 0 Å². The molecule has 2 N–H and O–H groups in total. The van der Waals surface area contributed by atoms with E-state index in [-0.39, 0.29) is 0 Å². The van der Waals surface area contributed by atoms with Gasteiger partial charge in [-0.1, -0.05) is 0 Å². The van der Waals surface area contributed by atoms with Gasteiger partial charge < -0.3 is 14.5 Å². The van der Waals surface area contributed by atoms with Crippen LogP contribution in [0.2, 0.25) is 0 Å². The van der Waals surface area contributed by atoms with Crippen molar-refractivity contribution < 1.29 is 23.9 Å². The Morgan fingerprint density at radius 3 is 2.08 bits per heavy atom. The van der Waals surface area contributed by atoms with E-state index in [1.165, 1.54) is 0 Å². The van der Waals surface area contributed by atoms with Crippen LogP contribution in [0.4, 0.5) is 0 Å². The van der Waals surface area contributed by atoms with E-state index in [1.807, 2.05) is 0 Å². The summed E-state index contributed by atoms with van der Waals surface area (Å²) < 4.78 is 14.6. The van der Waals surface area contributed by atoms with Gasteiger partial charge in [-0.3, -0.25) is 9.36 Å². The largest absolute Gasteiger partial charge is 0.452 e. The molecule has 6 heteroatoms. The van der Waals surface area contributed by atoms with Crippen molar-refractivity contribution in [3.05, 3.63) is 0 Å². The second-order valence-electron chi connectivity index (χ2n) is 3.48. The Kier molecular flexibility index (Phi) is 3.45. The van der Waals surface area contributed by atoms with Crippen LogP contribution < -0.4 is 0 Å². The summed E-state index contributed by atoms with van der Waals surface area (Å²) in [5.74, 6) is -0.620. The predicted molar refractivity (Wildman–Crippen MR) is 42.5 cm³/mol. The Labute approximate surface area is 70.9 Å². The quantitative estimate of drug-likeness (QED) is 0.502. The number of hydrogen-bond acceptors (Lipinski definition) is 3. The standard InChI is InChI=1S/C6H13O5P/c1-6(2,3)5(7)11-4-12(8,9)10/h4H2,1-3H3,(H2,8,9,10). The molecule has 0 rings (SSSR count). The van der Waals surface area contributed by atoms with E-state index in [0.29, 0.717) is 0 Å². The molecule has 0 amide bonds. The first-order valence-electron chi connectivity index (χ1n) is 3.35. The smallest absolute Gasteiger partial charge is 0.362 e. The van der Waals surface area contributed by atoms with E-state index in [1.54, 1.807) is 20.8 Å². The molecule has 0 unspecified atom stereocenters. The maximum Gasteiger partial charge on any atom is 0.362 e. The fourth-order valence-corrected chi connectivity index (χ4v) is 0.645. The van der Waals surface area contributed by atoms with E-state index in [2.05, 4.69) is 4.74 Å². The van der Waals surface area contributed by atoms with Crippen molar-refractivity contribution in [2.24, 2.45) is 5.41 Å². The summed E-state index contributed by atoms with van der Waals surface area (Å²) in [6, 6.07) is 0. The van der Waals surface area contributed by atoms with Crippen molar-refractivity contribution in [1.29, 1.82) is 0 Å². The van der Waals surface area contributed by atoms with Crippen molar-refractivity contribution in [3.8, 4) is 0 Å². The second kappa shape index (κ2) is 3.56. The molecule has 5 nitrogen and oxygen atoms in total. The third-order valence-corrected chi connectivity index (χ3v) is 1.44. The summed E-state index contributed by atoms with van der Waals surface area (Å²) in [6.07, 6.45) is -0.844. The summed E-state index contributed by atoms with van der Waals surface area (Å²) >= 11 is 0. The van der Waals surface area contributed by atoms with E-state index in [4.69, 9.17) is 9.79 Å². The molecule has 0 atom stereocenters. The molecule has 0 fully saturated rings. The molecule has 0 bridgehead atoms. The van der Waals surface area contributed by atoms with Gasteiger partial charge in [-0.15, -0.1) is 0 Å². The molecule has 12 heavy (non-hydrogen) atoms. The van der Waals surface area contributed by atoms with Crippen LogP contribution in [-0.2, 0) is 14.1 Å². The third kappa shape index (κ3) is 5.29. The highest BCUT2D eigenvalue weighted by Crippen LogP contribution is 2.34. The van der Waals surface area contributed by atoms with Gasteiger partial charge in [0.2, 0.25) is 0 Å². The van der Waals surface area contributed by atoms with Crippen LogP contribution in [-0.4, -0.2) is 22.1 Å². The number of ether oxygens (including phenoxy) is 1. The summed E-state index contributed by atoms with van der Waals surface area (Å²) in [6.45, 7) is 4.82. The van der Waals surface area contributed by atoms with Crippen LogP contribution in [0.15, 0.2) is 0 Å². The first kappa shape index (κ1) is 11.6. The summed E-state index contributed by atoms with van der Waals surface area (Å²) in [7, 11) is -4.23. The zero-order chi connectivity index (χ0) is 9.99. The minimum Gasteiger partial charge on any atom is -0.452 e. The SMILES string of the molecule is CC(C)(C)C(=O)OCP(=O)(O)O. The van der Waals surface area contributed by atoms with Gasteiger partial charge in [0.15, 0.2) is 6.35 Å². The van der Waals surface area contributed by atoms with Gasteiger partial charge in [-0.05, 0) is 20.8 Å². The van der Waals surface area contributed by atoms with Crippen molar-refractivity contribution in [2.45, 2.75) is 20.8 Å². The van der Waals surface area contributed by atoms with Crippen molar-refractivity contribution in [2.75, 3.05) is 6.35 Å². The predicted octanol–water partition coefficient (Wildman–Crippen LogP) is 0.711. The first-order chi connectivity index (χ1) is 5.13. The van der Waals surface area contributed by atoms with Gasteiger partial charge in [0.25, 0.3) is 0 Å². The molecule has 0 aromatic heterocycles. The van der Waals surface area contributed by atoms with Crippen LogP contribution in [0.3, 0.4) is 0 Å². The average molecular weight is 196 g/mol. The van der Waals surface area contributed by atoms with Crippen LogP contribution in [0.1, 0.15) is 20.8 Å². The third-order valence-electron chi connectivity index (χ3n) is 0.976. The molecule has 0 aliphatic rings. The van der Waals surface area contributed by atoms with Gasteiger partial charge in [0.05, 0.1) is 5.41 Å².